The number of nitro groups is 1. The van der Waals surface area contributed by atoms with Crippen molar-refractivity contribution in [2.24, 2.45) is 0 Å². The van der Waals surface area contributed by atoms with Crippen molar-refractivity contribution in [2.75, 3.05) is 0 Å². The van der Waals surface area contributed by atoms with Crippen molar-refractivity contribution in [3.8, 4) is 17.6 Å². The molecule has 0 spiro atoms. The SMILES string of the molecule is Cc1nc(-c2cccc([N+](=O)[O-])c2)nn1C#N. The van der Waals surface area contributed by atoms with E-state index in [1.807, 2.05) is 6.19 Å². The third-order valence-corrected chi connectivity index (χ3v) is 2.18. The van der Waals surface area contributed by atoms with Gasteiger partial charge in [-0.25, -0.2) is 4.98 Å². The summed E-state index contributed by atoms with van der Waals surface area (Å²) >= 11 is 0. The molecule has 0 aliphatic rings. The summed E-state index contributed by atoms with van der Waals surface area (Å²) < 4.78 is 1.06. The summed E-state index contributed by atoms with van der Waals surface area (Å²) in [7, 11) is 0. The zero-order valence-electron chi connectivity index (χ0n) is 8.86. The average Bonchev–Trinajstić information content (AvgIpc) is 2.71. The fourth-order valence-electron chi connectivity index (χ4n) is 1.37. The van der Waals surface area contributed by atoms with E-state index in [1.54, 1.807) is 19.1 Å². The number of aryl methyl sites for hydroxylation is 1. The lowest BCUT2D eigenvalue weighted by atomic mass is 10.2. The van der Waals surface area contributed by atoms with Gasteiger partial charge in [0.05, 0.1) is 4.92 Å². The van der Waals surface area contributed by atoms with E-state index in [-0.39, 0.29) is 5.69 Å². The van der Waals surface area contributed by atoms with Crippen molar-refractivity contribution in [3.63, 3.8) is 0 Å². The number of hydrogen-bond acceptors (Lipinski definition) is 5. The molecule has 0 unspecified atom stereocenters. The second-order valence-corrected chi connectivity index (χ2v) is 3.30. The lowest BCUT2D eigenvalue weighted by molar-refractivity contribution is -0.384. The number of aromatic nitrogens is 3. The number of nitrogens with zero attached hydrogens (tertiary/aromatic N) is 5. The van der Waals surface area contributed by atoms with Gasteiger partial charge in [-0.05, 0) is 6.92 Å². The standard InChI is InChI=1S/C10H7N5O2/c1-7-12-10(13-14(7)6-11)8-3-2-4-9(5-8)15(16)17/h2-5H,1H3. The molecule has 0 aliphatic heterocycles. The molecular formula is C10H7N5O2. The van der Waals surface area contributed by atoms with Crippen LogP contribution in [0.3, 0.4) is 0 Å². The highest BCUT2D eigenvalue weighted by molar-refractivity contribution is 5.58. The Bertz CT molecular complexity index is 626. The van der Waals surface area contributed by atoms with E-state index in [9.17, 15) is 10.1 Å². The van der Waals surface area contributed by atoms with Gasteiger partial charge in [-0.15, -0.1) is 5.10 Å². The van der Waals surface area contributed by atoms with Gasteiger partial charge >= 0.3 is 0 Å². The minimum atomic E-state index is -0.488. The zero-order valence-corrected chi connectivity index (χ0v) is 8.86. The number of nitro benzene ring substituents is 1. The third-order valence-electron chi connectivity index (χ3n) is 2.18. The van der Waals surface area contributed by atoms with Gasteiger partial charge in [-0.1, -0.05) is 12.1 Å². The average molecular weight is 229 g/mol. The molecule has 0 atom stereocenters. The minimum Gasteiger partial charge on any atom is -0.258 e. The van der Waals surface area contributed by atoms with Gasteiger partial charge in [0.15, 0.2) is 5.82 Å². The first kappa shape index (κ1) is 10.8. The highest BCUT2D eigenvalue weighted by Gasteiger charge is 2.11. The van der Waals surface area contributed by atoms with Crippen molar-refractivity contribution in [1.29, 1.82) is 5.26 Å². The first-order valence-electron chi connectivity index (χ1n) is 4.70. The van der Waals surface area contributed by atoms with Gasteiger partial charge in [-0.2, -0.15) is 9.94 Å². The van der Waals surface area contributed by atoms with Crippen LogP contribution in [0.25, 0.3) is 11.4 Å². The predicted molar refractivity (Wildman–Crippen MR) is 57.9 cm³/mol. The van der Waals surface area contributed by atoms with Crippen molar-refractivity contribution in [3.05, 3.63) is 40.2 Å². The summed E-state index contributed by atoms with van der Waals surface area (Å²) in [5, 5.41) is 23.3. The second kappa shape index (κ2) is 4.02. The molecule has 0 saturated heterocycles. The third kappa shape index (κ3) is 1.96. The summed E-state index contributed by atoms with van der Waals surface area (Å²) in [5.41, 5.74) is 0.477. The highest BCUT2D eigenvalue weighted by Crippen LogP contribution is 2.20. The summed E-state index contributed by atoms with van der Waals surface area (Å²) in [6.45, 7) is 1.64. The van der Waals surface area contributed by atoms with Crippen LogP contribution in [0.15, 0.2) is 24.3 Å². The normalized spacial score (nSPS) is 9.88. The molecule has 0 bridgehead atoms. The fraction of sp³-hybridized carbons (Fsp3) is 0.100. The molecule has 1 aromatic heterocycles. The van der Waals surface area contributed by atoms with Crippen LogP contribution < -0.4 is 0 Å². The van der Waals surface area contributed by atoms with Gasteiger partial charge in [-0.3, -0.25) is 10.1 Å². The summed E-state index contributed by atoms with van der Waals surface area (Å²) in [6.07, 6.45) is 1.83. The smallest absolute Gasteiger partial charge is 0.258 e. The van der Waals surface area contributed by atoms with Crippen LogP contribution >= 0.6 is 0 Å². The van der Waals surface area contributed by atoms with E-state index >= 15 is 0 Å². The van der Waals surface area contributed by atoms with Gasteiger partial charge in [0.25, 0.3) is 5.69 Å². The first-order chi connectivity index (χ1) is 8.11. The van der Waals surface area contributed by atoms with Crippen molar-refractivity contribution in [2.45, 2.75) is 6.92 Å². The molecule has 84 valence electrons. The molecule has 0 saturated carbocycles. The fourth-order valence-corrected chi connectivity index (χ4v) is 1.37. The number of benzene rings is 1. The summed E-state index contributed by atoms with van der Waals surface area (Å²) in [6, 6.07) is 5.97. The predicted octanol–water partition coefficient (Wildman–Crippen LogP) is 1.49. The van der Waals surface area contributed by atoms with Crippen LogP contribution in [-0.4, -0.2) is 19.7 Å². The quantitative estimate of drug-likeness (QED) is 0.573. The molecule has 0 N–H and O–H groups in total. The van der Waals surface area contributed by atoms with Crippen molar-refractivity contribution < 1.29 is 4.92 Å². The maximum atomic E-state index is 10.6. The molecule has 0 aliphatic carbocycles. The number of non-ortho nitro benzene ring substituents is 1. The molecule has 2 aromatic rings. The number of hydrogen-bond donors (Lipinski definition) is 0. The van der Waals surface area contributed by atoms with Crippen molar-refractivity contribution in [1.82, 2.24) is 14.8 Å². The molecule has 17 heavy (non-hydrogen) atoms. The van der Waals surface area contributed by atoms with Crippen LogP contribution in [0.4, 0.5) is 5.69 Å². The maximum absolute atomic E-state index is 10.6. The van der Waals surface area contributed by atoms with Gasteiger partial charge in [0, 0.05) is 17.7 Å². The Morgan fingerprint density at radius 2 is 2.29 bits per heavy atom. The molecular weight excluding hydrogens is 222 g/mol. The highest BCUT2D eigenvalue weighted by atomic mass is 16.6. The molecule has 0 amide bonds. The Hall–Kier alpha value is -2.75. The van der Waals surface area contributed by atoms with Gasteiger partial charge in [0.2, 0.25) is 6.19 Å². The number of rotatable bonds is 2. The van der Waals surface area contributed by atoms with E-state index in [2.05, 4.69) is 10.1 Å². The molecule has 0 fully saturated rings. The lowest BCUT2D eigenvalue weighted by Crippen LogP contribution is -1.93. The topological polar surface area (TPSA) is 97.6 Å². The minimum absolute atomic E-state index is 0.0338. The van der Waals surface area contributed by atoms with E-state index in [0.717, 1.165) is 4.68 Å². The van der Waals surface area contributed by atoms with E-state index in [1.165, 1.54) is 12.1 Å². The van der Waals surface area contributed by atoms with Gasteiger partial charge in [0.1, 0.15) is 5.82 Å². The van der Waals surface area contributed by atoms with Crippen LogP contribution in [0.5, 0.6) is 0 Å². The Kier molecular flexibility index (Phi) is 2.54. The van der Waals surface area contributed by atoms with Crippen LogP contribution in [-0.2, 0) is 0 Å². The first-order valence-corrected chi connectivity index (χ1v) is 4.70. The van der Waals surface area contributed by atoms with Crippen LogP contribution in [0.2, 0.25) is 0 Å². The van der Waals surface area contributed by atoms with Gasteiger partial charge < -0.3 is 0 Å². The van der Waals surface area contributed by atoms with E-state index in [4.69, 9.17) is 5.26 Å². The largest absolute Gasteiger partial charge is 0.270 e. The monoisotopic (exact) mass is 229 g/mol. The maximum Gasteiger partial charge on any atom is 0.270 e. The Balaban J connectivity index is 2.50. The Labute approximate surface area is 96.1 Å². The lowest BCUT2D eigenvalue weighted by Gasteiger charge is -1.94. The molecule has 1 heterocycles. The Morgan fingerprint density at radius 1 is 1.53 bits per heavy atom. The molecule has 0 radical (unpaired) electrons. The van der Waals surface area contributed by atoms with Crippen molar-refractivity contribution >= 4 is 5.69 Å². The molecule has 1 aromatic carbocycles. The number of nitriles is 1. The molecule has 2 rings (SSSR count). The van der Waals surface area contributed by atoms with E-state index < -0.39 is 4.92 Å². The molecule has 7 nitrogen and oxygen atoms in total. The molecule has 7 heteroatoms. The zero-order chi connectivity index (χ0) is 12.4. The Morgan fingerprint density at radius 3 is 2.88 bits per heavy atom. The van der Waals surface area contributed by atoms with E-state index in [0.29, 0.717) is 17.2 Å². The second-order valence-electron chi connectivity index (χ2n) is 3.30. The van der Waals surface area contributed by atoms with Crippen LogP contribution in [0.1, 0.15) is 5.82 Å². The van der Waals surface area contributed by atoms with Crippen LogP contribution in [0, 0.1) is 28.5 Å². The summed E-state index contributed by atoms with van der Waals surface area (Å²) in [4.78, 5) is 14.2. The summed E-state index contributed by atoms with van der Waals surface area (Å²) in [5.74, 6) is 0.738.